The predicted molar refractivity (Wildman–Crippen MR) is 81.1 cm³/mol. The number of aryl methyl sites for hydroxylation is 1. The zero-order valence-electron chi connectivity index (χ0n) is 11.8. The van der Waals surface area contributed by atoms with E-state index in [4.69, 9.17) is 11.6 Å². The van der Waals surface area contributed by atoms with Gasteiger partial charge in [-0.25, -0.2) is 0 Å². The summed E-state index contributed by atoms with van der Waals surface area (Å²) >= 11 is 5.90. The molecule has 0 aliphatic carbocycles. The number of rotatable bonds is 0. The van der Waals surface area contributed by atoms with Crippen molar-refractivity contribution in [3.05, 3.63) is 68.4 Å². The van der Waals surface area contributed by atoms with Crippen molar-refractivity contribution in [3.8, 4) is 16.9 Å². The summed E-state index contributed by atoms with van der Waals surface area (Å²) in [5, 5.41) is 0.752. The molecule has 0 amide bonds. The van der Waals surface area contributed by atoms with Gasteiger partial charge in [0.2, 0.25) is 0 Å². The maximum atomic E-state index is 14.4. The van der Waals surface area contributed by atoms with E-state index in [1.165, 1.54) is 11.6 Å². The molecule has 2 aromatic carbocycles. The fourth-order valence-corrected chi connectivity index (χ4v) is 5.98. The Hall–Kier alpha value is -1.40. The molecular weight excluding hydrogens is 414 g/mol. The Kier molecular flexibility index (Phi) is 3.46. The first-order valence-corrected chi connectivity index (χ1v) is 9.83. The van der Waals surface area contributed by atoms with Crippen molar-refractivity contribution in [1.82, 2.24) is 9.55 Å². The fraction of sp³-hybridized carbons (Fsp3) is 0.118. The number of halogens is 3. The summed E-state index contributed by atoms with van der Waals surface area (Å²) < 4.78 is 18.5. The van der Waals surface area contributed by atoms with Gasteiger partial charge in [0.1, 0.15) is 0 Å². The van der Waals surface area contributed by atoms with Crippen LogP contribution in [0.3, 0.4) is 0 Å². The van der Waals surface area contributed by atoms with Gasteiger partial charge in [-0.1, -0.05) is 0 Å². The number of hydrogen-bond donors (Lipinski definition) is 0. The number of nitrogens with zero attached hydrogens (tertiary/aromatic N) is 2. The van der Waals surface area contributed by atoms with E-state index in [-0.39, 0.29) is 27.0 Å². The summed E-state index contributed by atoms with van der Waals surface area (Å²) in [6.45, 7) is 2.04. The van der Waals surface area contributed by atoms with E-state index < -0.39 is 0 Å². The van der Waals surface area contributed by atoms with Gasteiger partial charge >= 0.3 is 143 Å². The van der Waals surface area contributed by atoms with Crippen LogP contribution in [0.5, 0.6) is 0 Å². The zero-order chi connectivity index (χ0) is 15.3. The molecule has 0 fully saturated rings. The van der Waals surface area contributed by atoms with Crippen molar-refractivity contribution in [2.45, 2.75) is 11.4 Å². The molecule has 112 valence electrons. The van der Waals surface area contributed by atoms with Crippen LogP contribution in [0.25, 0.3) is 16.9 Å². The molecule has 2 nitrogen and oxygen atoms in total. The summed E-state index contributed by atoms with van der Waals surface area (Å²) in [5.41, 5.74) is 4.91. The maximum absolute atomic E-state index is 14.4. The molecule has 1 aliphatic rings. The minimum absolute atomic E-state index is 0.172. The van der Waals surface area contributed by atoms with Crippen LogP contribution >= 0.6 is 11.6 Å². The zero-order valence-corrected chi connectivity index (χ0v) is 14.7. The van der Waals surface area contributed by atoms with Gasteiger partial charge in [0.25, 0.3) is 0 Å². The minimum atomic E-state index is -0.328. The number of hydrogen-bond acceptors (Lipinski definition) is 1. The monoisotopic (exact) mass is 425 g/mol. The molecule has 0 saturated carbocycles. The van der Waals surface area contributed by atoms with Crippen LogP contribution in [0.15, 0.2) is 42.9 Å². The predicted octanol–water partition coefficient (Wildman–Crippen LogP) is 1.41. The Morgan fingerprint density at radius 1 is 1.32 bits per heavy atom. The van der Waals surface area contributed by atoms with Crippen LogP contribution in [-0.2, 0) is 4.43 Å². The molecule has 4 rings (SSSR count). The SMILES string of the molecule is Cc1cc(Cl)cc2c1-n1cncc1-c1c(F)cccc1[I-]C2. The third-order valence-corrected chi connectivity index (χ3v) is 6.94. The van der Waals surface area contributed by atoms with E-state index >= 15 is 0 Å². The third kappa shape index (κ3) is 2.16. The summed E-state index contributed by atoms with van der Waals surface area (Å²) in [4.78, 5) is 4.27. The molecule has 0 unspecified atom stereocenters. The summed E-state index contributed by atoms with van der Waals surface area (Å²) in [6, 6.07) is 9.33. The second-order valence-electron chi connectivity index (χ2n) is 5.24. The molecule has 3 aromatic rings. The number of aromatic nitrogens is 2. The molecule has 22 heavy (non-hydrogen) atoms. The number of benzene rings is 2. The van der Waals surface area contributed by atoms with Gasteiger partial charge in [0.15, 0.2) is 0 Å². The summed E-state index contributed by atoms with van der Waals surface area (Å²) in [6.07, 6.45) is 3.50. The van der Waals surface area contributed by atoms with Gasteiger partial charge in [-0.15, -0.1) is 0 Å². The molecule has 1 aliphatic heterocycles. The fourth-order valence-electron chi connectivity index (χ4n) is 2.91. The normalized spacial score (nSPS) is 13.2. The number of alkyl halides is 1. The van der Waals surface area contributed by atoms with Crippen LogP contribution < -0.4 is 21.2 Å². The second-order valence-corrected chi connectivity index (χ2v) is 8.37. The van der Waals surface area contributed by atoms with E-state index in [9.17, 15) is 4.39 Å². The van der Waals surface area contributed by atoms with Gasteiger partial charge in [-0.2, -0.15) is 0 Å². The van der Waals surface area contributed by atoms with Gasteiger partial charge < -0.3 is 0 Å². The molecule has 0 atom stereocenters. The second kappa shape index (κ2) is 5.35. The molecule has 0 bridgehead atoms. The van der Waals surface area contributed by atoms with Crippen LogP contribution in [0.1, 0.15) is 11.1 Å². The van der Waals surface area contributed by atoms with Crippen molar-refractivity contribution in [3.63, 3.8) is 0 Å². The van der Waals surface area contributed by atoms with Gasteiger partial charge in [0.05, 0.1) is 0 Å². The van der Waals surface area contributed by atoms with E-state index in [1.807, 2.05) is 29.7 Å². The van der Waals surface area contributed by atoms with Crippen molar-refractivity contribution < 1.29 is 25.6 Å². The summed E-state index contributed by atoms with van der Waals surface area (Å²) in [5.74, 6) is -0.172. The molecule has 0 spiro atoms. The van der Waals surface area contributed by atoms with Gasteiger partial charge in [-0.3, -0.25) is 0 Å². The van der Waals surface area contributed by atoms with Crippen molar-refractivity contribution in [2.24, 2.45) is 0 Å². The van der Waals surface area contributed by atoms with E-state index in [2.05, 4.69) is 4.98 Å². The molecule has 1 aromatic heterocycles. The first-order chi connectivity index (χ1) is 10.6. The molecular formula is C17H12ClFIN2-. The van der Waals surface area contributed by atoms with Crippen LogP contribution in [0.2, 0.25) is 5.02 Å². The Morgan fingerprint density at radius 2 is 2.18 bits per heavy atom. The number of imidazole rings is 1. The van der Waals surface area contributed by atoms with E-state index in [0.29, 0.717) is 5.56 Å². The average molecular weight is 426 g/mol. The number of fused-ring (bicyclic) bond motifs is 5. The molecule has 5 heteroatoms. The quantitative estimate of drug-likeness (QED) is 0.393. The van der Waals surface area contributed by atoms with E-state index in [0.717, 1.165) is 30.0 Å². The Morgan fingerprint density at radius 3 is 3.05 bits per heavy atom. The van der Waals surface area contributed by atoms with Crippen LogP contribution in [-0.4, -0.2) is 9.55 Å². The third-order valence-electron chi connectivity index (χ3n) is 3.80. The van der Waals surface area contributed by atoms with Crippen molar-refractivity contribution >= 4 is 11.6 Å². The Labute approximate surface area is 143 Å². The molecule has 0 radical (unpaired) electrons. The topological polar surface area (TPSA) is 17.8 Å². The molecule has 2 heterocycles. The standard InChI is InChI=1S/C17H12ClFIN2/c1-10-5-12(18)6-11-7-20-14-4-2-3-13(19)16(14)15-8-21-9-22(15)17(10)11/h2-6,8-9H,7H2,1H3/q-1. The first-order valence-electron chi connectivity index (χ1n) is 6.85. The van der Waals surface area contributed by atoms with Crippen LogP contribution in [0.4, 0.5) is 4.39 Å². The first kappa shape index (κ1) is 14.2. The van der Waals surface area contributed by atoms with Gasteiger partial charge in [0, 0.05) is 0 Å². The van der Waals surface area contributed by atoms with Crippen molar-refractivity contribution in [2.75, 3.05) is 0 Å². The molecule has 0 N–H and O–H groups in total. The Bertz CT molecular complexity index is 888. The molecule has 0 saturated heterocycles. The van der Waals surface area contributed by atoms with Gasteiger partial charge in [-0.05, 0) is 0 Å². The van der Waals surface area contributed by atoms with E-state index in [1.54, 1.807) is 18.6 Å². The van der Waals surface area contributed by atoms with Crippen LogP contribution in [0, 0.1) is 16.3 Å². The summed E-state index contributed by atoms with van der Waals surface area (Å²) in [7, 11) is 0. The Balaban J connectivity index is 2.08. The average Bonchev–Trinajstić information content (AvgIpc) is 2.90. The van der Waals surface area contributed by atoms with Crippen molar-refractivity contribution in [1.29, 1.82) is 0 Å².